The van der Waals surface area contributed by atoms with Crippen molar-refractivity contribution >= 4 is 27.2 Å². The fraction of sp³-hybridized carbons (Fsp3) is 0.417. The molecule has 1 aromatic carbocycles. The van der Waals surface area contributed by atoms with E-state index in [1.165, 1.54) is 6.92 Å². The second-order valence-electron chi connectivity index (χ2n) is 4.63. The minimum absolute atomic E-state index is 0.0182. The first kappa shape index (κ1) is 15.5. The molecule has 0 fully saturated rings. The van der Waals surface area contributed by atoms with E-state index in [-0.39, 0.29) is 22.1 Å². The molecule has 1 aromatic rings. The Morgan fingerprint density at radius 1 is 1.11 bits per heavy atom. The van der Waals surface area contributed by atoms with E-state index in [0.29, 0.717) is 29.5 Å². The summed E-state index contributed by atoms with van der Waals surface area (Å²) >= 11 is 0. The Labute approximate surface area is 113 Å². The van der Waals surface area contributed by atoms with Gasteiger partial charge in [-0.3, -0.25) is 0 Å². The monoisotopic (exact) mass is 285 g/mol. The van der Waals surface area contributed by atoms with Crippen LogP contribution in [0.1, 0.15) is 30.0 Å². The van der Waals surface area contributed by atoms with Crippen LogP contribution in [0.5, 0.6) is 0 Å². The van der Waals surface area contributed by atoms with Crippen molar-refractivity contribution in [2.24, 2.45) is 5.14 Å². The number of primary sulfonamides is 1. The van der Waals surface area contributed by atoms with Gasteiger partial charge in [-0.15, -0.1) is 0 Å². The minimum atomic E-state index is -3.88. The van der Waals surface area contributed by atoms with Crippen molar-refractivity contribution in [2.75, 3.05) is 11.5 Å². The van der Waals surface area contributed by atoms with Crippen molar-refractivity contribution in [2.45, 2.75) is 38.5 Å². The third-order valence-corrected chi connectivity index (χ3v) is 4.33. The summed E-state index contributed by atoms with van der Waals surface area (Å²) in [5, 5.41) is 5.18. The van der Waals surface area contributed by atoms with E-state index in [0.717, 1.165) is 0 Å². The SMILES string of the molecule is CC(=O)CCc1c(N)c(C)c(S(N)(=O)=O)c(C)c1N. The van der Waals surface area contributed by atoms with Gasteiger partial charge in [0, 0.05) is 17.8 Å². The number of carbonyl (C=O) groups is 1. The molecule has 0 aliphatic carbocycles. The van der Waals surface area contributed by atoms with Crippen molar-refractivity contribution in [3.63, 3.8) is 0 Å². The summed E-state index contributed by atoms with van der Waals surface area (Å²) in [5.74, 6) is 0.0182. The smallest absolute Gasteiger partial charge is 0.238 e. The van der Waals surface area contributed by atoms with E-state index in [1.54, 1.807) is 13.8 Å². The Morgan fingerprint density at radius 2 is 1.53 bits per heavy atom. The standard InChI is InChI=1S/C12H19N3O3S/c1-6(16)4-5-9-10(13)7(2)12(19(15,17)18)8(3)11(9)14/h4-5,13-14H2,1-3H3,(H2,15,17,18). The number of hydrogen-bond donors (Lipinski definition) is 3. The number of nitrogens with two attached hydrogens (primary N) is 3. The summed E-state index contributed by atoms with van der Waals surface area (Å²) in [6.45, 7) is 4.64. The predicted octanol–water partition coefficient (Wildman–Crippen LogP) is 0.637. The van der Waals surface area contributed by atoms with Gasteiger partial charge in [0.25, 0.3) is 0 Å². The van der Waals surface area contributed by atoms with Crippen LogP contribution in [0.3, 0.4) is 0 Å². The molecule has 6 N–H and O–H groups in total. The summed E-state index contributed by atoms with van der Waals surface area (Å²) in [7, 11) is -3.88. The van der Waals surface area contributed by atoms with Gasteiger partial charge in [0.1, 0.15) is 5.78 Å². The number of rotatable bonds is 4. The molecule has 7 heteroatoms. The Morgan fingerprint density at radius 3 is 1.84 bits per heavy atom. The quantitative estimate of drug-likeness (QED) is 0.699. The van der Waals surface area contributed by atoms with E-state index in [9.17, 15) is 13.2 Å². The number of nitrogen functional groups attached to an aromatic ring is 2. The molecule has 0 bridgehead atoms. The molecule has 19 heavy (non-hydrogen) atoms. The maximum Gasteiger partial charge on any atom is 0.238 e. The van der Waals surface area contributed by atoms with Gasteiger partial charge in [0.2, 0.25) is 10.0 Å². The summed E-state index contributed by atoms with van der Waals surface area (Å²) in [5.41, 5.74) is 13.8. The second-order valence-corrected chi connectivity index (χ2v) is 6.13. The lowest BCUT2D eigenvalue weighted by molar-refractivity contribution is -0.116. The topological polar surface area (TPSA) is 129 Å². The molecule has 0 spiro atoms. The molecule has 0 saturated carbocycles. The Kier molecular flexibility index (Phi) is 4.21. The van der Waals surface area contributed by atoms with Crippen molar-refractivity contribution in [3.05, 3.63) is 16.7 Å². The lowest BCUT2D eigenvalue weighted by atomic mass is 9.97. The van der Waals surface area contributed by atoms with E-state index in [2.05, 4.69) is 0 Å². The van der Waals surface area contributed by atoms with Gasteiger partial charge in [-0.1, -0.05) is 0 Å². The number of anilines is 2. The maximum absolute atomic E-state index is 11.6. The number of sulfonamides is 1. The van der Waals surface area contributed by atoms with Gasteiger partial charge < -0.3 is 16.3 Å². The zero-order chi connectivity index (χ0) is 15.0. The number of benzene rings is 1. The highest BCUT2D eigenvalue weighted by Crippen LogP contribution is 2.34. The van der Waals surface area contributed by atoms with Crippen molar-refractivity contribution in [3.8, 4) is 0 Å². The van der Waals surface area contributed by atoms with Gasteiger partial charge in [-0.2, -0.15) is 0 Å². The average molecular weight is 285 g/mol. The van der Waals surface area contributed by atoms with E-state index in [4.69, 9.17) is 16.6 Å². The number of hydrogen-bond acceptors (Lipinski definition) is 5. The zero-order valence-corrected chi connectivity index (χ0v) is 12.1. The Hall–Kier alpha value is -1.60. The summed E-state index contributed by atoms with van der Waals surface area (Å²) < 4.78 is 23.1. The summed E-state index contributed by atoms with van der Waals surface area (Å²) in [4.78, 5) is 11.0. The molecular weight excluding hydrogens is 266 g/mol. The molecular formula is C12H19N3O3S. The van der Waals surface area contributed by atoms with Crippen LogP contribution in [0.25, 0.3) is 0 Å². The van der Waals surface area contributed by atoms with Crippen LogP contribution in [0.15, 0.2) is 4.90 Å². The third-order valence-electron chi connectivity index (χ3n) is 3.15. The first-order valence-corrected chi connectivity index (χ1v) is 7.31. The molecule has 0 aromatic heterocycles. The molecule has 6 nitrogen and oxygen atoms in total. The molecule has 0 heterocycles. The van der Waals surface area contributed by atoms with Crippen LogP contribution in [-0.2, 0) is 21.2 Å². The normalized spacial score (nSPS) is 11.6. The predicted molar refractivity (Wildman–Crippen MR) is 75.1 cm³/mol. The number of carbonyl (C=O) groups excluding carboxylic acids is 1. The van der Waals surface area contributed by atoms with Crippen LogP contribution >= 0.6 is 0 Å². The Bertz CT molecular complexity index is 607. The first-order chi connectivity index (χ1) is 8.57. The zero-order valence-electron chi connectivity index (χ0n) is 11.3. The molecule has 0 atom stereocenters. The lowest BCUT2D eigenvalue weighted by Crippen LogP contribution is -2.19. The van der Waals surface area contributed by atoms with Crippen LogP contribution < -0.4 is 16.6 Å². The van der Waals surface area contributed by atoms with Crippen LogP contribution in [0.2, 0.25) is 0 Å². The molecule has 0 aliphatic heterocycles. The molecule has 0 aliphatic rings. The van der Waals surface area contributed by atoms with Crippen LogP contribution in [0.4, 0.5) is 11.4 Å². The maximum atomic E-state index is 11.6. The van der Waals surface area contributed by atoms with Crippen LogP contribution in [0, 0.1) is 13.8 Å². The summed E-state index contributed by atoms with van der Waals surface area (Å²) in [6, 6.07) is 0. The average Bonchev–Trinajstić information content (AvgIpc) is 2.24. The lowest BCUT2D eigenvalue weighted by Gasteiger charge is -2.18. The highest BCUT2D eigenvalue weighted by Gasteiger charge is 2.22. The van der Waals surface area contributed by atoms with E-state index >= 15 is 0 Å². The molecule has 0 radical (unpaired) electrons. The third kappa shape index (κ3) is 3.05. The van der Waals surface area contributed by atoms with Gasteiger partial charge in [-0.25, -0.2) is 13.6 Å². The second kappa shape index (κ2) is 5.18. The van der Waals surface area contributed by atoms with E-state index in [1.807, 2.05) is 0 Å². The van der Waals surface area contributed by atoms with Crippen molar-refractivity contribution < 1.29 is 13.2 Å². The largest absolute Gasteiger partial charge is 0.398 e. The Balaban J connectivity index is 3.52. The molecule has 106 valence electrons. The number of Topliss-reactive ketones (excluding diaryl/α,β-unsaturated/α-hetero) is 1. The fourth-order valence-electron chi connectivity index (χ4n) is 2.12. The molecule has 0 amide bonds. The van der Waals surface area contributed by atoms with Crippen molar-refractivity contribution in [1.29, 1.82) is 0 Å². The number of ketones is 1. The highest BCUT2D eigenvalue weighted by molar-refractivity contribution is 7.89. The van der Waals surface area contributed by atoms with Gasteiger partial charge in [0.15, 0.2) is 0 Å². The van der Waals surface area contributed by atoms with Crippen molar-refractivity contribution in [1.82, 2.24) is 0 Å². The molecule has 0 unspecified atom stereocenters. The summed E-state index contributed by atoms with van der Waals surface area (Å²) in [6.07, 6.45) is 0.696. The fourth-order valence-corrected chi connectivity index (χ4v) is 3.19. The van der Waals surface area contributed by atoms with Gasteiger partial charge in [0.05, 0.1) is 4.90 Å². The van der Waals surface area contributed by atoms with Crippen LogP contribution in [-0.4, -0.2) is 14.2 Å². The molecule has 0 saturated heterocycles. The first-order valence-electron chi connectivity index (χ1n) is 5.76. The minimum Gasteiger partial charge on any atom is -0.398 e. The van der Waals surface area contributed by atoms with Gasteiger partial charge in [-0.05, 0) is 43.9 Å². The molecule has 1 rings (SSSR count). The van der Waals surface area contributed by atoms with Gasteiger partial charge >= 0.3 is 0 Å². The van der Waals surface area contributed by atoms with E-state index < -0.39 is 10.0 Å². The highest BCUT2D eigenvalue weighted by atomic mass is 32.2.